The molecule has 1 unspecified atom stereocenters. The van der Waals surface area contributed by atoms with Gasteiger partial charge in [-0.25, -0.2) is 8.78 Å². The molecule has 22 heavy (non-hydrogen) atoms. The summed E-state index contributed by atoms with van der Waals surface area (Å²) in [5, 5.41) is 5.87. The Kier molecular flexibility index (Phi) is 6.27. The number of piperidine rings is 1. The van der Waals surface area contributed by atoms with Crippen molar-refractivity contribution in [2.75, 3.05) is 26.2 Å². The summed E-state index contributed by atoms with van der Waals surface area (Å²) in [6.07, 6.45) is 1.16. The summed E-state index contributed by atoms with van der Waals surface area (Å²) >= 11 is 0. The molecule has 1 aliphatic rings. The van der Waals surface area contributed by atoms with Gasteiger partial charge in [0, 0.05) is 24.6 Å². The monoisotopic (exact) mass is 312 g/mol. The Morgan fingerprint density at radius 3 is 3.00 bits per heavy atom. The number of hydrogen-bond acceptors (Lipinski definition) is 3. The van der Waals surface area contributed by atoms with Gasteiger partial charge >= 0.3 is 0 Å². The summed E-state index contributed by atoms with van der Waals surface area (Å²) in [4.78, 5) is 11.6. The Morgan fingerprint density at radius 2 is 2.32 bits per heavy atom. The van der Waals surface area contributed by atoms with Gasteiger partial charge in [-0.1, -0.05) is 12.1 Å². The quantitative estimate of drug-likeness (QED) is 0.846. The van der Waals surface area contributed by atoms with E-state index in [1.54, 1.807) is 0 Å². The lowest BCUT2D eigenvalue weighted by Gasteiger charge is -2.31. The third kappa shape index (κ3) is 4.24. The zero-order valence-corrected chi connectivity index (χ0v) is 12.7. The maximum Gasteiger partial charge on any atom is 0.246 e. The fraction of sp³-hybridized carbons (Fsp3) is 0.562. The average Bonchev–Trinajstić information content (AvgIpc) is 2.53. The average molecular weight is 312 g/mol. The molecule has 2 N–H and O–H groups in total. The van der Waals surface area contributed by atoms with Crippen molar-refractivity contribution in [1.29, 1.82) is 0 Å². The molecule has 0 spiro atoms. The summed E-state index contributed by atoms with van der Waals surface area (Å²) in [6.45, 7) is 3.73. The molecule has 1 aromatic rings. The molecule has 0 bridgehead atoms. The first-order chi connectivity index (χ1) is 10.6. The van der Waals surface area contributed by atoms with Gasteiger partial charge in [-0.05, 0) is 32.4 Å². The highest BCUT2D eigenvalue weighted by atomic mass is 19.2. The normalized spacial score (nSPS) is 19.7. The summed E-state index contributed by atoms with van der Waals surface area (Å²) in [6, 6.07) is 4.07. The summed E-state index contributed by atoms with van der Waals surface area (Å²) in [5.41, 5.74) is 0.179. The Morgan fingerprint density at radius 1 is 1.50 bits per heavy atom. The molecule has 1 saturated heterocycles. The molecule has 1 amide bonds. The van der Waals surface area contributed by atoms with Gasteiger partial charge in [0.25, 0.3) is 0 Å². The first-order valence-electron chi connectivity index (χ1n) is 7.66. The highest BCUT2D eigenvalue weighted by Crippen LogP contribution is 2.32. The number of carbonyl (C=O) groups excluding carboxylic acids is 1. The number of benzene rings is 1. The van der Waals surface area contributed by atoms with Gasteiger partial charge in [-0.3, -0.25) is 4.79 Å². The largest absolute Gasteiger partial charge is 0.363 e. The van der Waals surface area contributed by atoms with E-state index < -0.39 is 17.7 Å². The number of carbonyl (C=O) groups is 1. The van der Waals surface area contributed by atoms with E-state index in [2.05, 4.69) is 10.6 Å². The standard InChI is InChI=1S/C16H22F2N2O2/c1-2-20-14(21)10-22-16(11-5-4-8-19-9-11)12-6-3-7-13(17)15(12)18/h3,6-7,11,16,19H,2,4-5,8-10H2,1H3,(H,20,21)/t11?,16-/m1/s1. The number of likely N-dealkylation sites (N-methyl/N-ethyl adjacent to an activating group) is 1. The molecule has 2 atom stereocenters. The van der Waals surface area contributed by atoms with Crippen LogP contribution in [0.5, 0.6) is 0 Å². The van der Waals surface area contributed by atoms with E-state index in [0.29, 0.717) is 13.1 Å². The maximum absolute atomic E-state index is 14.1. The van der Waals surface area contributed by atoms with Crippen LogP contribution in [0, 0.1) is 17.6 Å². The lowest BCUT2D eigenvalue weighted by atomic mass is 9.89. The molecule has 4 nitrogen and oxygen atoms in total. The molecule has 122 valence electrons. The highest BCUT2D eigenvalue weighted by molar-refractivity contribution is 5.77. The van der Waals surface area contributed by atoms with Gasteiger partial charge in [0.2, 0.25) is 5.91 Å². The van der Waals surface area contributed by atoms with Crippen LogP contribution in [0.15, 0.2) is 18.2 Å². The fourth-order valence-electron chi connectivity index (χ4n) is 2.77. The molecule has 2 rings (SSSR count). The van der Waals surface area contributed by atoms with E-state index in [9.17, 15) is 13.6 Å². The minimum absolute atomic E-state index is 0.0134. The molecular formula is C16H22F2N2O2. The smallest absolute Gasteiger partial charge is 0.246 e. The van der Waals surface area contributed by atoms with Crippen LogP contribution in [-0.2, 0) is 9.53 Å². The van der Waals surface area contributed by atoms with Gasteiger partial charge in [0.15, 0.2) is 11.6 Å². The van der Waals surface area contributed by atoms with E-state index in [0.717, 1.165) is 25.5 Å². The Hall–Kier alpha value is -1.53. The number of rotatable bonds is 6. The molecule has 1 aromatic carbocycles. The van der Waals surface area contributed by atoms with Crippen molar-refractivity contribution in [3.05, 3.63) is 35.4 Å². The zero-order chi connectivity index (χ0) is 15.9. The second-order valence-corrected chi connectivity index (χ2v) is 5.43. The van der Waals surface area contributed by atoms with Crippen molar-refractivity contribution in [1.82, 2.24) is 10.6 Å². The predicted octanol–water partition coefficient (Wildman–Crippen LogP) is 2.16. The summed E-state index contributed by atoms with van der Waals surface area (Å²) in [7, 11) is 0. The molecule has 6 heteroatoms. The maximum atomic E-state index is 14.1. The van der Waals surface area contributed by atoms with E-state index in [-0.39, 0.29) is 24.0 Å². The van der Waals surface area contributed by atoms with Gasteiger partial charge in [0.1, 0.15) is 6.61 Å². The minimum Gasteiger partial charge on any atom is -0.363 e. The second-order valence-electron chi connectivity index (χ2n) is 5.43. The van der Waals surface area contributed by atoms with Crippen molar-refractivity contribution < 1.29 is 18.3 Å². The molecule has 0 radical (unpaired) electrons. The SMILES string of the molecule is CCNC(=O)CO[C@@H](c1cccc(F)c1F)C1CCCNC1. The van der Waals surface area contributed by atoms with E-state index >= 15 is 0 Å². The molecule has 1 aliphatic heterocycles. The Labute approximate surface area is 129 Å². The molecule has 1 heterocycles. The van der Waals surface area contributed by atoms with Crippen molar-refractivity contribution in [3.8, 4) is 0 Å². The van der Waals surface area contributed by atoms with Gasteiger partial charge < -0.3 is 15.4 Å². The topological polar surface area (TPSA) is 50.4 Å². The molecule has 1 fully saturated rings. The van der Waals surface area contributed by atoms with Crippen LogP contribution in [0.3, 0.4) is 0 Å². The van der Waals surface area contributed by atoms with Crippen LogP contribution in [0.25, 0.3) is 0 Å². The molecule has 0 aromatic heterocycles. The first kappa shape index (κ1) is 16.8. The highest BCUT2D eigenvalue weighted by Gasteiger charge is 2.29. The number of nitrogens with one attached hydrogen (secondary N) is 2. The van der Waals surface area contributed by atoms with Crippen LogP contribution in [0.2, 0.25) is 0 Å². The third-order valence-corrected chi connectivity index (χ3v) is 3.82. The number of ether oxygens (including phenoxy) is 1. The second kappa shape index (κ2) is 8.19. The van der Waals surface area contributed by atoms with Crippen LogP contribution in [-0.4, -0.2) is 32.1 Å². The number of amides is 1. The molecule has 0 saturated carbocycles. The fourth-order valence-corrected chi connectivity index (χ4v) is 2.77. The first-order valence-corrected chi connectivity index (χ1v) is 7.66. The van der Waals surface area contributed by atoms with Crippen molar-refractivity contribution in [2.45, 2.75) is 25.9 Å². The van der Waals surface area contributed by atoms with Crippen LogP contribution in [0.4, 0.5) is 8.78 Å². The minimum atomic E-state index is -0.895. The molecular weight excluding hydrogens is 290 g/mol. The zero-order valence-electron chi connectivity index (χ0n) is 12.7. The van der Waals surface area contributed by atoms with E-state index in [4.69, 9.17) is 4.74 Å². The summed E-state index contributed by atoms with van der Waals surface area (Å²) in [5.74, 6) is -2.03. The van der Waals surface area contributed by atoms with Crippen LogP contribution in [0.1, 0.15) is 31.4 Å². The van der Waals surface area contributed by atoms with Crippen molar-refractivity contribution in [2.24, 2.45) is 5.92 Å². The Bertz CT molecular complexity index is 505. The van der Waals surface area contributed by atoms with Crippen LogP contribution >= 0.6 is 0 Å². The Balaban J connectivity index is 2.16. The lowest BCUT2D eigenvalue weighted by molar-refractivity contribution is -0.129. The van der Waals surface area contributed by atoms with E-state index in [1.165, 1.54) is 12.1 Å². The van der Waals surface area contributed by atoms with Gasteiger partial charge in [-0.15, -0.1) is 0 Å². The number of halogens is 2. The predicted molar refractivity (Wildman–Crippen MR) is 79.3 cm³/mol. The van der Waals surface area contributed by atoms with E-state index in [1.807, 2.05) is 6.92 Å². The van der Waals surface area contributed by atoms with Crippen molar-refractivity contribution >= 4 is 5.91 Å². The third-order valence-electron chi connectivity index (χ3n) is 3.82. The van der Waals surface area contributed by atoms with Crippen LogP contribution < -0.4 is 10.6 Å². The number of hydrogen-bond donors (Lipinski definition) is 2. The molecule has 0 aliphatic carbocycles. The summed E-state index contributed by atoms with van der Waals surface area (Å²) < 4.78 is 33.3. The lowest BCUT2D eigenvalue weighted by Crippen LogP contribution is -2.36. The van der Waals surface area contributed by atoms with Gasteiger partial charge in [0.05, 0.1) is 6.10 Å². The van der Waals surface area contributed by atoms with Crippen molar-refractivity contribution in [3.63, 3.8) is 0 Å². The van der Waals surface area contributed by atoms with Gasteiger partial charge in [-0.2, -0.15) is 0 Å².